The SMILES string of the molecule is CC(C)(C)c1ccc(-c2nc3c(N4CCN(Cc5ccc([N+](=O)[O-])c(C(N)c6cccnc6)c5)CC4)cccc3[nH]2)cc1. The van der Waals surface area contributed by atoms with Gasteiger partial charge in [-0.15, -0.1) is 0 Å². The van der Waals surface area contributed by atoms with E-state index in [2.05, 4.69) is 83.0 Å². The van der Waals surface area contributed by atoms with E-state index in [4.69, 9.17) is 10.7 Å². The minimum absolute atomic E-state index is 0.0292. The van der Waals surface area contributed by atoms with Crippen LogP contribution in [0.25, 0.3) is 22.4 Å². The molecule has 1 aliphatic rings. The Balaban J connectivity index is 1.16. The first-order valence-corrected chi connectivity index (χ1v) is 14.7. The highest BCUT2D eigenvalue weighted by molar-refractivity contribution is 5.91. The highest BCUT2D eigenvalue weighted by Gasteiger charge is 2.24. The molecule has 2 aromatic heterocycles. The first-order valence-electron chi connectivity index (χ1n) is 14.7. The fraction of sp³-hybridized carbons (Fsp3) is 0.294. The van der Waals surface area contributed by atoms with Crippen molar-refractivity contribution >= 4 is 22.4 Å². The zero-order chi connectivity index (χ0) is 30.1. The summed E-state index contributed by atoms with van der Waals surface area (Å²) in [7, 11) is 0. The Bertz CT molecular complexity index is 1730. The lowest BCUT2D eigenvalue weighted by Crippen LogP contribution is -2.46. The molecule has 1 atom stereocenters. The van der Waals surface area contributed by atoms with Gasteiger partial charge in [0.1, 0.15) is 11.3 Å². The summed E-state index contributed by atoms with van der Waals surface area (Å²) >= 11 is 0. The minimum atomic E-state index is -0.624. The molecule has 1 unspecified atom stereocenters. The van der Waals surface area contributed by atoms with E-state index in [0.717, 1.165) is 65.4 Å². The number of rotatable bonds is 7. The number of anilines is 1. The third kappa shape index (κ3) is 6.00. The standard InChI is InChI=1S/C34H37N7O2/c1-34(2,3)26-12-10-24(11-13-26)33-37-28-7-4-8-30(32(28)38-33)40-18-16-39(17-19-40)22-23-9-14-29(41(42)43)27(20-23)31(35)25-6-5-15-36-21-25/h4-15,20-21,31H,16-19,22,35H2,1-3H3,(H,37,38). The van der Waals surface area contributed by atoms with Gasteiger partial charge < -0.3 is 15.6 Å². The highest BCUT2D eigenvalue weighted by Crippen LogP contribution is 2.32. The number of benzene rings is 3. The highest BCUT2D eigenvalue weighted by atomic mass is 16.6. The zero-order valence-corrected chi connectivity index (χ0v) is 24.8. The molecule has 6 rings (SSSR count). The Morgan fingerprint density at radius 3 is 2.44 bits per heavy atom. The molecule has 9 heteroatoms. The molecule has 0 amide bonds. The maximum absolute atomic E-state index is 11.8. The van der Waals surface area contributed by atoms with Gasteiger partial charge in [0.2, 0.25) is 0 Å². The van der Waals surface area contributed by atoms with Gasteiger partial charge in [-0.2, -0.15) is 0 Å². The van der Waals surface area contributed by atoms with E-state index in [-0.39, 0.29) is 16.0 Å². The lowest BCUT2D eigenvalue weighted by atomic mass is 9.87. The number of pyridine rings is 1. The molecule has 5 aromatic rings. The number of nitrogens with zero attached hydrogens (tertiary/aromatic N) is 5. The van der Waals surface area contributed by atoms with Gasteiger partial charge in [0.25, 0.3) is 5.69 Å². The number of hydrogen-bond donors (Lipinski definition) is 2. The van der Waals surface area contributed by atoms with Crippen LogP contribution in [0.3, 0.4) is 0 Å². The van der Waals surface area contributed by atoms with Gasteiger partial charge in [-0.25, -0.2) is 4.98 Å². The molecule has 1 saturated heterocycles. The minimum Gasteiger partial charge on any atom is -0.367 e. The largest absolute Gasteiger partial charge is 0.367 e. The molecule has 3 heterocycles. The number of H-pyrrole nitrogens is 1. The van der Waals surface area contributed by atoms with Crippen molar-refractivity contribution in [3.8, 4) is 11.4 Å². The van der Waals surface area contributed by atoms with Crippen LogP contribution in [0.2, 0.25) is 0 Å². The van der Waals surface area contributed by atoms with E-state index < -0.39 is 6.04 Å². The predicted molar refractivity (Wildman–Crippen MR) is 171 cm³/mol. The summed E-state index contributed by atoms with van der Waals surface area (Å²) < 4.78 is 0. The summed E-state index contributed by atoms with van der Waals surface area (Å²) in [4.78, 5) is 28.9. The van der Waals surface area contributed by atoms with E-state index in [1.807, 2.05) is 18.2 Å². The fourth-order valence-electron chi connectivity index (χ4n) is 5.80. The van der Waals surface area contributed by atoms with Crippen molar-refractivity contribution in [2.45, 2.75) is 38.8 Å². The average Bonchev–Trinajstić information content (AvgIpc) is 3.46. The summed E-state index contributed by atoms with van der Waals surface area (Å²) in [5.41, 5.74) is 14.4. The van der Waals surface area contributed by atoms with Crippen molar-refractivity contribution in [3.05, 3.63) is 118 Å². The predicted octanol–water partition coefficient (Wildman–Crippen LogP) is 6.20. The molecule has 3 N–H and O–H groups in total. The molecule has 0 saturated carbocycles. The Kier molecular flexibility index (Phi) is 7.68. The third-order valence-corrected chi connectivity index (χ3v) is 8.30. The summed E-state index contributed by atoms with van der Waals surface area (Å²) in [6.45, 7) is 10.8. The monoisotopic (exact) mass is 575 g/mol. The second-order valence-electron chi connectivity index (χ2n) is 12.3. The van der Waals surface area contributed by atoms with E-state index in [9.17, 15) is 10.1 Å². The van der Waals surface area contributed by atoms with Crippen LogP contribution in [0.1, 0.15) is 49.1 Å². The third-order valence-electron chi connectivity index (χ3n) is 8.30. The topological polar surface area (TPSA) is 117 Å². The van der Waals surface area contributed by atoms with Crippen LogP contribution in [-0.2, 0) is 12.0 Å². The molecule has 43 heavy (non-hydrogen) atoms. The molecule has 9 nitrogen and oxygen atoms in total. The Hall–Kier alpha value is -4.60. The average molecular weight is 576 g/mol. The second kappa shape index (κ2) is 11.6. The quantitative estimate of drug-likeness (QED) is 0.175. The Morgan fingerprint density at radius 2 is 1.77 bits per heavy atom. The van der Waals surface area contributed by atoms with E-state index >= 15 is 0 Å². The van der Waals surface area contributed by atoms with Crippen LogP contribution < -0.4 is 10.6 Å². The van der Waals surface area contributed by atoms with Crippen molar-refractivity contribution in [1.82, 2.24) is 19.9 Å². The van der Waals surface area contributed by atoms with Crippen molar-refractivity contribution in [1.29, 1.82) is 0 Å². The number of nitrogens with one attached hydrogen (secondary N) is 1. The maximum Gasteiger partial charge on any atom is 0.274 e. The molecule has 0 spiro atoms. The van der Waals surface area contributed by atoms with Crippen molar-refractivity contribution in [3.63, 3.8) is 0 Å². The molecule has 1 aliphatic heterocycles. The number of aromatic amines is 1. The summed E-state index contributed by atoms with van der Waals surface area (Å²) in [5.74, 6) is 0.875. The number of fused-ring (bicyclic) bond motifs is 1. The normalized spacial score (nSPS) is 15.1. The van der Waals surface area contributed by atoms with Crippen LogP contribution in [0.4, 0.5) is 11.4 Å². The van der Waals surface area contributed by atoms with Gasteiger partial charge in [0.15, 0.2) is 0 Å². The first-order chi connectivity index (χ1) is 20.7. The van der Waals surface area contributed by atoms with E-state index in [1.165, 1.54) is 5.56 Å². The van der Waals surface area contributed by atoms with Gasteiger partial charge in [0.05, 0.1) is 27.7 Å². The number of hydrogen-bond acceptors (Lipinski definition) is 7. The summed E-state index contributed by atoms with van der Waals surface area (Å²) in [6, 6.07) is 23.3. The van der Waals surface area contributed by atoms with Gasteiger partial charge >= 0.3 is 0 Å². The number of imidazole rings is 1. The van der Waals surface area contributed by atoms with E-state index in [1.54, 1.807) is 24.5 Å². The number of nitro groups is 1. The zero-order valence-electron chi connectivity index (χ0n) is 24.8. The first kappa shape index (κ1) is 28.5. The Morgan fingerprint density at radius 1 is 1.00 bits per heavy atom. The summed E-state index contributed by atoms with van der Waals surface area (Å²) in [6.07, 6.45) is 3.32. The second-order valence-corrected chi connectivity index (χ2v) is 12.3. The molecule has 3 aromatic carbocycles. The maximum atomic E-state index is 11.8. The van der Waals surface area contributed by atoms with E-state index in [0.29, 0.717) is 12.1 Å². The molecule has 0 bridgehead atoms. The molecule has 0 aliphatic carbocycles. The van der Waals surface area contributed by atoms with Crippen LogP contribution in [0.5, 0.6) is 0 Å². The van der Waals surface area contributed by atoms with Crippen LogP contribution in [0, 0.1) is 10.1 Å². The summed E-state index contributed by atoms with van der Waals surface area (Å²) in [5, 5.41) is 11.8. The van der Waals surface area contributed by atoms with Crippen LogP contribution in [0.15, 0.2) is 85.2 Å². The number of piperazine rings is 1. The fourth-order valence-corrected chi connectivity index (χ4v) is 5.80. The lowest BCUT2D eigenvalue weighted by Gasteiger charge is -2.36. The molecule has 220 valence electrons. The van der Waals surface area contributed by atoms with Gasteiger partial charge in [-0.05, 0) is 46.4 Å². The van der Waals surface area contributed by atoms with Crippen molar-refractivity contribution in [2.24, 2.45) is 5.73 Å². The van der Waals surface area contributed by atoms with Crippen LogP contribution >= 0.6 is 0 Å². The van der Waals surface area contributed by atoms with Gasteiger partial charge in [-0.1, -0.05) is 63.2 Å². The number of nitro benzene ring substituents is 1. The molecule has 1 fully saturated rings. The Labute approximate surface area is 251 Å². The number of para-hydroxylation sites is 1. The lowest BCUT2D eigenvalue weighted by molar-refractivity contribution is -0.385. The smallest absolute Gasteiger partial charge is 0.274 e. The van der Waals surface area contributed by atoms with Crippen molar-refractivity contribution in [2.75, 3.05) is 31.1 Å². The number of nitrogens with two attached hydrogens (primary N) is 1. The molecular weight excluding hydrogens is 538 g/mol. The van der Waals surface area contributed by atoms with Crippen molar-refractivity contribution < 1.29 is 4.92 Å². The number of aromatic nitrogens is 3. The molecule has 0 radical (unpaired) electrons. The van der Waals surface area contributed by atoms with Gasteiger partial charge in [-0.3, -0.25) is 20.0 Å². The molecular formula is C34H37N7O2. The van der Waals surface area contributed by atoms with Gasteiger partial charge in [0, 0.05) is 56.7 Å². The van der Waals surface area contributed by atoms with Crippen LogP contribution in [-0.4, -0.2) is 51.0 Å².